The Morgan fingerprint density at radius 2 is 2.05 bits per heavy atom. The Kier molecular flexibility index (Phi) is 3.38. The summed E-state index contributed by atoms with van der Waals surface area (Å²) in [5.74, 6) is 0.125. The van der Waals surface area contributed by atoms with E-state index in [1.54, 1.807) is 7.11 Å². The molecule has 20 heavy (non-hydrogen) atoms. The van der Waals surface area contributed by atoms with Crippen molar-refractivity contribution in [2.45, 2.75) is 19.8 Å². The average molecular weight is 271 g/mol. The summed E-state index contributed by atoms with van der Waals surface area (Å²) < 4.78 is 5.23. The lowest BCUT2D eigenvalue weighted by Crippen LogP contribution is -2.34. The lowest BCUT2D eigenvalue weighted by atomic mass is 10.1. The van der Waals surface area contributed by atoms with Gasteiger partial charge in [-0.05, 0) is 30.9 Å². The number of hydrogen-bond acceptors (Lipinski definition) is 2. The van der Waals surface area contributed by atoms with Gasteiger partial charge in [0.1, 0.15) is 0 Å². The Hall–Kier alpha value is -1.61. The van der Waals surface area contributed by atoms with Gasteiger partial charge in [-0.1, -0.05) is 35.9 Å². The number of rotatable bonds is 6. The van der Waals surface area contributed by atoms with Crippen molar-refractivity contribution >= 4 is 11.5 Å². The maximum Gasteiger partial charge on any atom is 0.231 e. The van der Waals surface area contributed by atoms with Gasteiger partial charge < -0.3 is 10.1 Å². The fourth-order valence-electron chi connectivity index (χ4n) is 2.90. The van der Waals surface area contributed by atoms with Crippen molar-refractivity contribution in [2.24, 2.45) is 11.3 Å². The summed E-state index contributed by atoms with van der Waals surface area (Å²) in [4.78, 5) is 12.3. The molecule has 3 heteroatoms. The Morgan fingerprint density at radius 1 is 1.35 bits per heavy atom. The summed E-state index contributed by atoms with van der Waals surface area (Å²) in [5, 5.41) is 3.10. The van der Waals surface area contributed by atoms with Crippen LogP contribution in [0.3, 0.4) is 0 Å². The highest BCUT2D eigenvalue weighted by Gasteiger charge is 2.45. The fourth-order valence-corrected chi connectivity index (χ4v) is 2.90. The minimum atomic E-state index is -0.0178. The molecule has 0 saturated heterocycles. The first-order chi connectivity index (χ1) is 9.67. The lowest BCUT2D eigenvalue weighted by molar-refractivity contribution is -0.122. The molecule has 0 unspecified atom stereocenters. The van der Waals surface area contributed by atoms with Crippen LogP contribution in [-0.4, -0.2) is 26.2 Å². The van der Waals surface area contributed by atoms with E-state index in [1.165, 1.54) is 16.7 Å². The SMILES string of the molecule is COCC1(CNC(=O)[C@H]2C(C)=C2c2ccccc2)CC1. The molecule has 0 bridgehead atoms. The molecule has 1 aromatic rings. The second-order valence-electron chi connectivity index (χ2n) is 6.05. The topological polar surface area (TPSA) is 38.3 Å². The summed E-state index contributed by atoms with van der Waals surface area (Å²) in [6.45, 7) is 3.54. The first-order valence-electron chi connectivity index (χ1n) is 7.20. The second kappa shape index (κ2) is 5.06. The zero-order valence-electron chi connectivity index (χ0n) is 12.1. The van der Waals surface area contributed by atoms with Crippen LogP contribution in [0.2, 0.25) is 0 Å². The molecular weight excluding hydrogens is 250 g/mol. The molecule has 106 valence electrons. The van der Waals surface area contributed by atoms with Crippen molar-refractivity contribution in [3.8, 4) is 0 Å². The highest BCUT2D eigenvalue weighted by atomic mass is 16.5. The first kappa shape index (κ1) is 13.4. The fraction of sp³-hybridized carbons (Fsp3) is 0.471. The molecule has 3 rings (SSSR count). The van der Waals surface area contributed by atoms with Gasteiger partial charge in [-0.25, -0.2) is 0 Å². The molecule has 1 aromatic carbocycles. The number of ether oxygens (including phenoxy) is 1. The van der Waals surface area contributed by atoms with Gasteiger partial charge in [-0.15, -0.1) is 0 Å². The second-order valence-corrected chi connectivity index (χ2v) is 6.05. The van der Waals surface area contributed by atoms with E-state index in [9.17, 15) is 4.79 Å². The third-order valence-electron chi connectivity index (χ3n) is 4.46. The summed E-state index contributed by atoms with van der Waals surface area (Å²) in [6, 6.07) is 10.2. The van der Waals surface area contributed by atoms with Crippen LogP contribution in [0.1, 0.15) is 25.3 Å². The largest absolute Gasteiger partial charge is 0.384 e. The molecule has 2 aliphatic carbocycles. The third kappa shape index (κ3) is 2.50. The molecule has 1 atom stereocenters. The van der Waals surface area contributed by atoms with Crippen LogP contribution in [0.25, 0.3) is 5.57 Å². The normalized spacial score (nSPS) is 22.6. The minimum absolute atomic E-state index is 0.0178. The molecule has 1 N–H and O–H groups in total. The summed E-state index contributed by atoms with van der Waals surface area (Å²) in [7, 11) is 1.72. The van der Waals surface area contributed by atoms with Crippen LogP contribution in [0.4, 0.5) is 0 Å². The van der Waals surface area contributed by atoms with E-state index in [1.807, 2.05) is 18.2 Å². The Morgan fingerprint density at radius 3 is 2.65 bits per heavy atom. The molecule has 1 saturated carbocycles. The summed E-state index contributed by atoms with van der Waals surface area (Å²) in [5.41, 5.74) is 3.77. The monoisotopic (exact) mass is 271 g/mol. The standard InChI is InChI=1S/C17H21NO2/c1-12-14(13-6-4-3-5-7-13)15(12)16(19)18-10-17(8-9-17)11-20-2/h3-7,15H,8-11H2,1-2H3,(H,18,19)/t15-/m0/s1. The van der Waals surface area contributed by atoms with Crippen LogP contribution < -0.4 is 5.32 Å². The van der Waals surface area contributed by atoms with Gasteiger partial charge in [-0.3, -0.25) is 4.79 Å². The van der Waals surface area contributed by atoms with Gasteiger partial charge in [0.05, 0.1) is 12.5 Å². The van der Waals surface area contributed by atoms with E-state index < -0.39 is 0 Å². The van der Waals surface area contributed by atoms with Crippen molar-refractivity contribution < 1.29 is 9.53 Å². The van der Waals surface area contributed by atoms with E-state index >= 15 is 0 Å². The summed E-state index contributed by atoms with van der Waals surface area (Å²) in [6.07, 6.45) is 2.31. The Labute approximate surface area is 120 Å². The predicted molar refractivity (Wildman–Crippen MR) is 79.1 cm³/mol. The van der Waals surface area contributed by atoms with Gasteiger partial charge in [0.15, 0.2) is 0 Å². The van der Waals surface area contributed by atoms with Crippen molar-refractivity contribution in [2.75, 3.05) is 20.3 Å². The molecule has 2 aliphatic rings. The maximum absolute atomic E-state index is 12.3. The molecule has 0 aliphatic heterocycles. The number of carbonyl (C=O) groups excluding carboxylic acids is 1. The zero-order chi connectivity index (χ0) is 14.2. The minimum Gasteiger partial charge on any atom is -0.384 e. The highest BCUT2D eigenvalue weighted by Crippen LogP contribution is 2.48. The van der Waals surface area contributed by atoms with E-state index in [4.69, 9.17) is 4.74 Å². The molecule has 0 heterocycles. The van der Waals surface area contributed by atoms with E-state index in [2.05, 4.69) is 24.4 Å². The number of nitrogens with one attached hydrogen (secondary N) is 1. The number of amides is 1. The number of hydrogen-bond donors (Lipinski definition) is 1. The Bertz CT molecular complexity index is 543. The summed E-state index contributed by atoms with van der Waals surface area (Å²) >= 11 is 0. The van der Waals surface area contributed by atoms with Crippen molar-refractivity contribution in [3.05, 3.63) is 41.5 Å². The zero-order valence-corrected chi connectivity index (χ0v) is 12.1. The molecule has 0 spiro atoms. The van der Waals surface area contributed by atoms with Gasteiger partial charge in [0, 0.05) is 19.1 Å². The smallest absolute Gasteiger partial charge is 0.231 e. The average Bonchev–Trinajstić information content (AvgIpc) is 3.35. The van der Waals surface area contributed by atoms with Crippen LogP contribution in [-0.2, 0) is 9.53 Å². The van der Waals surface area contributed by atoms with Gasteiger partial charge in [0.25, 0.3) is 0 Å². The van der Waals surface area contributed by atoms with Crippen LogP contribution in [0, 0.1) is 11.3 Å². The van der Waals surface area contributed by atoms with Crippen molar-refractivity contribution in [1.29, 1.82) is 0 Å². The number of benzene rings is 1. The van der Waals surface area contributed by atoms with E-state index in [0.717, 1.165) is 26.0 Å². The van der Waals surface area contributed by atoms with Gasteiger partial charge >= 0.3 is 0 Å². The van der Waals surface area contributed by atoms with Crippen LogP contribution in [0.5, 0.6) is 0 Å². The molecule has 1 fully saturated rings. The molecule has 0 radical (unpaired) electrons. The van der Waals surface area contributed by atoms with Gasteiger partial charge in [-0.2, -0.15) is 0 Å². The quantitative estimate of drug-likeness (QED) is 0.863. The lowest BCUT2D eigenvalue weighted by Gasteiger charge is -2.15. The molecular formula is C17H21NO2. The molecule has 0 aromatic heterocycles. The maximum atomic E-state index is 12.3. The molecule has 1 amide bonds. The highest BCUT2D eigenvalue weighted by molar-refractivity contribution is 6.05. The van der Waals surface area contributed by atoms with E-state index in [0.29, 0.717) is 0 Å². The Balaban J connectivity index is 1.56. The van der Waals surface area contributed by atoms with E-state index in [-0.39, 0.29) is 17.2 Å². The predicted octanol–water partition coefficient (Wildman–Crippen LogP) is 2.63. The number of carbonyl (C=O) groups is 1. The first-order valence-corrected chi connectivity index (χ1v) is 7.20. The van der Waals surface area contributed by atoms with Crippen molar-refractivity contribution in [1.82, 2.24) is 5.32 Å². The van der Waals surface area contributed by atoms with Gasteiger partial charge in [0.2, 0.25) is 5.91 Å². The third-order valence-corrected chi connectivity index (χ3v) is 4.46. The van der Waals surface area contributed by atoms with Crippen molar-refractivity contribution in [3.63, 3.8) is 0 Å². The number of methoxy groups -OCH3 is 1. The van der Waals surface area contributed by atoms with Crippen LogP contribution >= 0.6 is 0 Å². The van der Waals surface area contributed by atoms with Crippen LogP contribution in [0.15, 0.2) is 35.9 Å². The molecule has 3 nitrogen and oxygen atoms in total.